The maximum Gasteiger partial charge on any atom is 0.236 e. The molecule has 5 nitrogen and oxygen atoms in total. The largest absolute Gasteiger partial charge is 0.490 e. The average Bonchev–Trinajstić information content (AvgIpc) is 3.13. The van der Waals surface area contributed by atoms with Crippen molar-refractivity contribution < 1.29 is 14.3 Å². The maximum absolute atomic E-state index is 13.1. The third kappa shape index (κ3) is 4.86. The van der Waals surface area contributed by atoms with Crippen molar-refractivity contribution >= 4 is 23.2 Å². The third-order valence-corrected chi connectivity index (χ3v) is 5.75. The molecule has 1 aromatic carbocycles. The summed E-state index contributed by atoms with van der Waals surface area (Å²) in [6, 6.07) is 5.61. The van der Waals surface area contributed by atoms with Crippen LogP contribution in [-0.2, 0) is 9.59 Å². The van der Waals surface area contributed by atoms with E-state index in [0.717, 1.165) is 17.8 Å². The second-order valence-electron chi connectivity index (χ2n) is 9.40. The van der Waals surface area contributed by atoms with E-state index in [9.17, 15) is 9.59 Å². The standard InChI is InChI=1S/C23H34N2O3/c1-16(2)14-25-19-13-18(24-21(26)12-9-17-7-5-6-8-17)10-11-20(19)28-15-23(3,4)22(25)27/h10-11,13,16-17H,5-9,12,14-15H2,1-4H3,(H,24,26). The van der Waals surface area contributed by atoms with Crippen LogP contribution in [0.2, 0.25) is 0 Å². The summed E-state index contributed by atoms with van der Waals surface area (Å²) in [5.41, 5.74) is 0.886. The zero-order valence-electron chi connectivity index (χ0n) is 17.7. The molecule has 0 unspecified atom stereocenters. The van der Waals surface area contributed by atoms with Gasteiger partial charge in [0.2, 0.25) is 11.8 Å². The van der Waals surface area contributed by atoms with E-state index in [-0.39, 0.29) is 11.8 Å². The highest BCUT2D eigenvalue weighted by molar-refractivity contribution is 6.00. The lowest BCUT2D eigenvalue weighted by molar-refractivity contribution is -0.127. The third-order valence-electron chi connectivity index (χ3n) is 5.75. The SMILES string of the molecule is CC(C)CN1C(=O)C(C)(C)COc2ccc(NC(=O)CCC3CCCC3)cc21. The smallest absolute Gasteiger partial charge is 0.236 e. The molecule has 0 spiro atoms. The molecular weight excluding hydrogens is 352 g/mol. The van der Waals surface area contributed by atoms with Gasteiger partial charge in [-0.3, -0.25) is 9.59 Å². The Bertz CT molecular complexity index is 721. The molecular formula is C23H34N2O3. The Morgan fingerprint density at radius 1 is 1.29 bits per heavy atom. The zero-order chi connectivity index (χ0) is 20.3. The Morgan fingerprint density at radius 3 is 2.68 bits per heavy atom. The van der Waals surface area contributed by atoms with E-state index in [1.165, 1.54) is 25.7 Å². The summed E-state index contributed by atoms with van der Waals surface area (Å²) in [6.07, 6.45) is 6.63. The molecule has 2 aliphatic rings. The highest BCUT2D eigenvalue weighted by Crippen LogP contribution is 2.38. The molecule has 0 radical (unpaired) electrons. The van der Waals surface area contributed by atoms with Crippen LogP contribution in [0.15, 0.2) is 18.2 Å². The van der Waals surface area contributed by atoms with Crippen molar-refractivity contribution in [2.75, 3.05) is 23.4 Å². The van der Waals surface area contributed by atoms with Gasteiger partial charge >= 0.3 is 0 Å². The molecule has 1 aliphatic heterocycles. The van der Waals surface area contributed by atoms with Gasteiger partial charge in [0.1, 0.15) is 12.4 Å². The Balaban J connectivity index is 1.75. The minimum Gasteiger partial charge on any atom is -0.490 e. The summed E-state index contributed by atoms with van der Waals surface area (Å²) >= 11 is 0. The zero-order valence-corrected chi connectivity index (χ0v) is 17.7. The van der Waals surface area contributed by atoms with E-state index in [1.807, 2.05) is 36.9 Å². The van der Waals surface area contributed by atoms with Crippen LogP contribution >= 0.6 is 0 Å². The fourth-order valence-electron chi connectivity index (χ4n) is 4.13. The van der Waals surface area contributed by atoms with Crippen LogP contribution in [0, 0.1) is 17.3 Å². The maximum atomic E-state index is 13.1. The molecule has 1 aliphatic carbocycles. The molecule has 3 rings (SSSR count). The van der Waals surface area contributed by atoms with Crippen LogP contribution in [-0.4, -0.2) is 25.0 Å². The summed E-state index contributed by atoms with van der Waals surface area (Å²) in [5, 5.41) is 3.01. The number of ether oxygens (including phenoxy) is 1. The summed E-state index contributed by atoms with van der Waals surface area (Å²) in [5.74, 6) is 1.83. The van der Waals surface area contributed by atoms with Crippen LogP contribution in [0.5, 0.6) is 5.75 Å². The molecule has 5 heteroatoms. The molecule has 1 saturated carbocycles. The molecule has 154 valence electrons. The van der Waals surface area contributed by atoms with Crippen molar-refractivity contribution in [1.82, 2.24) is 0 Å². The quantitative estimate of drug-likeness (QED) is 0.748. The Kier molecular flexibility index (Phi) is 6.31. The fourth-order valence-corrected chi connectivity index (χ4v) is 4.13. The second kappa shape index (κ2) is 8.54. The minimum absolute atomic E-state index is 0.0449. The van der Waals surface area contributed by atoms with Gasteiger partial charge in [-0.05, 0) is 50.3 Å². The van der Waals surface area contributed by atoms with Crippen molar-refractivity contribution in [1.29, 1.82) is 0 Å². The number of anilines is 2. The van der Waals surface area contributed by atoms with E-state index < -0.39 is 5.41 Å². The number of hydrogen-bond acceptors (Lipinski definition) is 3. The number of benzene rings is 1. The second-order valence-corrected chi connectivity index (χ2v) is 9.40. The number of nitrogens with zero attached hydrogens (tertiary/aromatic N) is 1. The van der Waals surface area contributed by atoms with Crippen molar-refractivity contribution in [2.45, 2.75) is 66.2 Å². The molecule has 1 fully saturated rings. The molecule has 0 aromatic heterocycles. The highest BCUT2D eigenvalue weighted by Gasteiger charge is 2.38. The summed E-state index contributed by atoms with van der Waals surface area (Å²) in [7, 11) is 0. The predicted octanol–water partition coefficient (Wildman–Crippen LogP) is 5.00. The van der Waals surface area contributed by atoms with Crippen LogP contribution in [0.25, 0.3) is 0 Å². The van der Waals surface area contributed by atoms with E-state index in [0.29, 0.717) is 37.2 Å². The predicted molar refractivity (Wildman–Crippen MR) is 113 cm³/mol. The molecule has 0 bridgehead atoms. The lowest BCUT2D eigenvalue weighted by Gasteiger charge is -2.29. The Morgan fingerprint density at radius 2 is 2.00 bits per heavy atom. The average molecular weight is 387 g/mol. The number of amides is 2. The lowest BCUT2D eigenvalue weighted by atomic mass is 9.92. The minimum atomic E-state index is -0.585. The van der Waals surface area contributed by atoms with Crippen molar-refractivity contribution in [3.05, 3.63) is 18.2 Å². The lowest BCUT2D eigenvalue weighted by Crippen LogP contribution is -2.43. The fraction of sp³-hybridized carbons (Fsp3) is 0.652. The van der Waals surface area contributed by atoms with Crippen LogP contribution in [0.4, 0.5) is 11.4 Å². The van der Waals surface area contributed by atoms with E-state index in [2.05, 4.69) is 19.2 Å². The number of carbonyl (C=O) groups is 2. The van der Waals surface area contributed by atoms with Crippen molar-refractivity contribution in [2.24, 2.45) is 17.3 Å². The topological polar surface area (TPSA) is 58.6 Å². The van der Waals surface area contributed by atoms with E-state index >= 15 is 0 Å². The first-order valence-corrected chi connectivity index (χ1v) is 10.6. The molecule has 28 heavy (non-hydrogen) atoms. The van der Waals surface area contributed by atoms with Gasteiger partial charge in [0, 0.05) is 18.7 Å². The Labute approximate surface area is 168 Å². The molecule has 1 aromatic rings. The molecule has 1 N–H and O–H groups in total. The molecule has 0 atom stereocenters. The van der Waals surface area contributed by atoms with Gasteiger partial charge in [0.05, 0.1) is 11.1 Å². The molecule has 2 amide bonds. The van der Waals surface area contributed by atoms with Gasteiger partial charge in [0.25, 0.3) is 0 Å². The number of nitrogens with one attached hydrogen (secondary N) is 1. The van der Waals surface area contributed by atoms with Crippen LogP contribution in [0.1, 0.15) is 66.2 Å². The first-order valence-electron chi connectivity index (χ1n) is 10.6. The van der Waals surface area contributed by atoms with Crippen molar-refractivity contribution in [3.8, 4) is 5.75 Å². The number of carbonyl (C=O) groups excluding carboxylic acids is 2. The molecule has 0 saturated heterocycles. The Hall–Kier alpha value is -2.04. The number of fused-ring (bicyclic) bond motifs is 1. The van der Waals surface area contributed by atoms with Gasteiger partial charge < -0.3 is 15.0 Å². The number of hydrogen-bond donors (Lipinski definition) is 1. The summed E-state index contributed by atoms with van der Waals surface area (Å²) in [4.78, 5) is 27.3. The first kappa shape index (κ1) is 20.7. The summed E-state index contributed by atoms with van der Waals surface area (Å²) < 4.78 is 5.95. The van der Waals surface area contributed by atoms with E-state index in [1.54, 1.807) is 0 Å². The van der Waals surface area contributed by atoms with Gasteiger partial charge in [0.15, 0.2) is 0 Å². The van der Waals surface area contributed by atoms with Crippen LogP contribution in [0.3, 0.4) is 0 Å². The van der Waals surface area contributed by atoms with Gasteiger partial charge in [-0.25, -0.2) is 0 Å². The highest BCUT2D eigenvalue weighted by atomic mass is 16.5. The van der Waals surface area contributed by atoms with Gasteiger partial charge in [-0.1, -0.05) is 39.5 Å². The normalized spacial score (nSPS) is 19.3. The van der Waals surface area contributed by atoms with Crippen molar-refractivity contribution in [3.63, 3.8) is 0 Å². The first-order chi connectivity index (χ1) is 13.3. The monoisotopic (exact) mass is 386 g/mol. The van der Waals surface area contributed by atoms with Crippen LogP contribution < -0.4 is 15.0 Å². The molecule has 1 heterocycles. The number of rotatable bonds is 6. The van der Waals surface area contributed by atoms with E-state index in [4.69, 9.17) is 4.74 Å². The van der Waals surface area contributed by atoms with Gasteiger partial charge in [-0.15, -0.1) is 0 Å². The van der Waals surface area contributed by atoms with Gasteiger partial charge in [-0.2, -0.15) is 0 Å². The summed E-state index contributed by atoms with van der Waals surface area (Å²) in [6.45, 7) is 9.00.